The van der Waals surface area contributed by atoms with Gasteiger partial charge in [-0.05, 0) is 42.8 Å². The number of anilines is 1. The third-order valence-electron chi connectivity index (χ3n) is 2.94. The van der Waals surface area contributed by atoms with E-state index in [0.717, 1.165) is 11.3 Å². The summed E-state index contributed by atoms with van der Waals surface area (Å²) in [5.74, 6) is 1.10. The van der Waals surface area contributed by atoms with E-state index in [0.29, 0.717) is 11.5 Å². The fourth-order valence-electron chi connectivity index (χ4n) is 1.80. The van der Waals surface area contributed by atoms with Crippen molar-refractivity contribution in [1.82, 2.24) is 0 Å². The lowest BCUT2D eigenvalue weighted by atomic mass is 10.2. The summed E-state index contributed by atoms with van der Waals surface area (Å²) in [6.45, 7) is 2.02. The number of methoxy groups -OCH3 is 1. The largest absolute Gasteiger partial charge is 0.493 e. The molecule has 1 N–H and O–H groups in total. The van der Waals surface area contributed by atoms with E-state index in [9.17, 15) is 0 Å². The van der Waals surface area contributed by atoms with Crippen molar-refractivity contribution in [2.24, 2.45) is 5.10 Å². The van der Waals surface area contributed by atoms with Crippen LogP contribution in [0.3, 0.4) is 0 Å². The molecule has 0 saturated carbocycles. The molecule has 0 aromatic heterocycles. The number of hydrogen-bond acceptors (Lipinski definition) is 5. The highest BCUT2D eigenvalue weighted by Crippen LogP contribution is 2.27. The molecule has 0 atom stereocenters. The Bertz CT molecular complexity index is 688. The molecule has 0 fully saturated rings. The van der Waals surface area contributed by atoms with Crippen LogP contribution in [0.1, 0.15) is 11.1 Å². The van der Waals surface area contributed by atoms with Crippen molar-refractivity contribution in [2.45, 2.75) is 6.92 Å². The van der Waals surface area contributed by atoms with Gasteiger partial charge in [0.25, 0.3) is 0 Å². The van der Waals surface area contributed by atoms with Gasteiger partial charge in [0, 0.05) is 0 Å². The summed E-state index contributed by atoms with van der Waals surface area (Å²) in [6.07, 6.45) is 1.69. The van der Waals surface area contributed by atoms with Gasteiger partial charge in [0.1, 0.15) is 6.07 Å². The van der Waals surface area contributed by atoms with Gasteiger partial charge >= 0.3 is 0 Å². The zero-order valence-electron chi connectivity index (χ0n) is 12.5. The number of ether oxygens (including phenoxy) is 2. The Labute approximate surface area is 129 Å². The number of hydrogen-bond donors (Lipinski definition) is 1. The van der Waals surface area contributed by atoms with Crippen LogP contribution in [0.25, 0.3) is 0 Å². The summed E-state index contributed by atoms with van der Waals surface area (Å²) in [5.41, 5.74) is 5.94. The first-order valence-electron chi connectivity index (χ1n) is 6.76. The highest BCUT2D eigenvalue weighted by atomic mass is 16.5. The molecule has 2 rings (SSSR count). The molecule has 112 valence electrons. The topological polar surface area (TPSA) is 66.6 Å². The van der Waals surface area contributed by atoms with E-state index in [1.807, 2.05) is 43.3 Å². The predicted octanol–water partition coefficient (Wildman–Crippen LogP) is 3.35. The van der Waals surface area contributed by atoms with Crippen molar-refractivity contribution < 1.29 is 9.47 Å². The molecule has 5 nitrogen and oxygen atoms in total. The van der Waals surface area contributed by atoms with Crippen molar-refractivity contribution in [3.63, 3.8) is 0 Å². The number of nitriles is 1. The summed E-state index contributed by atoms with van der Waals surface area (Å²) < 4.78 is 10.5. The van der Waals surface area contributed by atoms with Crippen molar-refractivity contribution in [3.8, 4) is 17.6 Å². The van der Waals surface area contributed by atoms with Gasteiger partial charge in [0.15, 0.2) is 18.1 Å². The second kappa shape index (κ2) is 7.70. The van der Waals surface area contributed by atoms with E-state index in [-0.39, 0.29) is 6.61 Å². The maximum atomic E-state index is 8.54. The number of nitrogens with one attached hydrogen (secondary N) is 1. The second-order valence-electron chi connectivity index (χ2n) is 4.59. The molecule has 0 spiro atoms. The van der Waals surface area contributed by atoms with Crippen molar-refractivity contribution >= 4 is 11.9 Å². The normalized spacial score (nSPS) is 10.2. The van der Waals surface area contributed by atoms with Crippen molar-refractivity contribution in [3.05, 3.63) is 53.6 Å². The van der Waals surface area contributed by atoms with Crippen LogP contribution < -0.4 is 14.9 Å². The summed E-state index contributed by atoms with van der Waals surface area (Å²) in [4.78, 5) is 0. The molecule has 0 saturated heterocycles. The third-order valence-corrected chi connectivity index (χ3v) is 2.94. The summed E-state index contributed by atoms with van der Waals surface area (Å²) in [7, 11) is 1.56. The van der Waals surface area contributed by atoms with Crippen molar-refractivity contribution in [2.75, 3.05) is 19.1 Å². The molecular formula is C17H17N3O2. The van der Waals surface area contributed by atoms with Gasteiger partial charge in [-0.25, -0.2) is 0 Å². The molecular weight excluding hydrogens is 278 g/mol. The van der Waals surface area contributed by atoms with Crippen LogP contribution >= 0.6 is 0 Å². The van der Waals surface area contributed by atoms with Gasteiger partial charge in [-0.1, -0.05) is 17.7 Å². The minimum absolute atomic E-state index is 0.0151. The maximum Gasteiger partial charge on any atom is 0.174 e. The quantitative estimate of drug-likeness (QED) is 0.655. The van der Waals surface area contributed by atoms with Crippen LogP contribution in [-0.4, -0.2) is 19.9 Å². The van der Waals surface area contributed by atoms with Crippen LogP contribution in [0.2, 0.25) is 0 Å². The molecule has 0 aliphatic heterocycles. The molecule has 0 radical (unpaired) electrons. The maximum absolute atomic E-state index is 8.54. The highest BCUT2D eigenvalue weighted by molar-refractivity contribution is 5.81. The average Bonchev–Trinajstić information content (AvgIpc) is 2.55. The van der Waals surface area contributed by atoms with Gasteiger partial charge in [-0.15, -0.1) is 0 Å². The van der Waals surface area contributed by atoms with Gasteiger partial charge in [-0.2, -0.15) is 10.4 Å². The summed E-state index contributed by atoms with van der Waals surface area (Å²) in [5, 5.41) is 12.7. The summed E-state index contributed by atoms with van der Waals surface area (Å²) >= 11 is 0. The van der Waals surface area contributed by atoms with Crippen LogP contribution in [0.5, 0.6) is 11.5 Å². The molecule has 2 aromatic rings. The molecule has 0 bridgehead atoms. The summed E-state index contributed by atoms with van der Waals surface area (Å²) in [6, 6.07) is 15.3. The molecule has 0 amide bonds. The fourth-order valence-corrected chi connectivity index (χ4v) is 1.80. The first-order chi connectivity index (χ1) is 10.7. The fraction of sp³-hybridized carbons (Fsp3) is 0.176. The minimum atomic E-state index is -0.0151. The number of nitrogens with zero attached hydrogens (tertiary/aromatic N) is 2. The molecule has 2 aromatic carbocycles. The number of aryl methyl sites for hydroxylation is 1. The average molecular weight is 295 g/mol. The zero-order valence-corrected chi connectivity index (χ0v) is 12.5. The Hall–Kier alpha value is -3.00. The lowest BCUT2D eigenvalue weighted by Gasteiger charge is -2.08. The van der Waals surface area contributed by atoms with E-state index >= 15 is 0 Å². The lowest BCUT2D eigenvalue weighted by molar-refractivity contribution is 0.329. The van der Waals surface area contributed by atoms with E-state index in [2.05, 4.69) is 10.5 Å². The Kier molecular flexibility index (Phi) is 5.38. The predicted molar refractivity (Wildman–Crippen MR) is 86.5 cm³/mol. The zero-order chi connectivity index (χ0) is 15.8. The molecule has 0 unspecified atom stereocenters. The highest BCUT2D eigenvalue weighted by Gasteiger charge is 2.04. The Morgan fingerprint density at radius 1 is 1.18 bits per heavy atom. The third kappa shape index (κ3) is 4.25. The SMILES string of the molecule is COc1cc(/C=N\Nc2ccc(C)cc2)ccc1OCC#N. The minimum Gasteiger partial charge on any atom is -0.493 e. The number of benzene rings is 2. The number of rotatable bonds is 6. The van der Waals surface area contributed by atoms with Crippen LogP contribution in [-0.2, 0) is 0 Å². The Balaban J connectivity index is 2.04. The van der Waals surface area contributed by atoms with Crippen LogP contribution in [0.4, 0.5) is 5.69 Å². The standard InChI is InChI=1S/C17H17N3O2/c1-13-3-6-15(7-4-13)20-19-12-14-5-8-16(22-10-9-18)17(11-14)21-2/h3-8,11-12,20H,10H2,1-2H3/b19-12-. The monoisotopic (exact) mass is 295 g/mol. The van der Waals surface area contributed by atoms with E-state index in [4.69, 9.17) is 14.7 Å². The van der Waals surface area contributed by atoms with Crippen LogP contribution in [0, 0.1) is 18.3 Å². The lowest BCUT2D eigenvalue weighted by Crippen LogP contribution is -1.98. The van der Waals surface area contributed by atoms with Gasteiger partial charge in [-0.3, -0.25) is 5.43 Å². The smallest absolute Gasteiger partial charge is 0.174 e. The van der Waals surface area contributed by atoms with E-state index in [1.54, 1.807) is 25.5 Å². The van der Waals surface area contributed by atoms with Crippen molar-refractivity contribution in [1.29, 1.82) is 5.26 Å². The first kappa shape index (κ1) is 15.4. The molecule has 0 heterocycles. The van der Waals surface area contributed by atoms with E-state index < -0.39 is 0 Å². The number of hydrazone groups is 1. The Morgan fingerprint density at radius 2 is 1.95 bits per heavy atom. The molecule has 5 heteroatoms. The molecule has 0 aliphatic rings. The molecule has 22 heavy (non-hydrogen) atoms. The van der Waals surface area contributed by atoms with Gasteiger partial charge < -0.3 is 9.47 Å². The van der Waals surface area contributed by atoms with Gasteiger partial charge in [0.2, 0.25) is 0 Å². The second-order valence-corrected chi connectivity index (χ2v) is 4.59. The molecule has 0 aliphatic carbocycles. The van der Waals surface area contributed by atoms with E-state index in [1.165, 1.54) is 5.56 Å². The van der Waals surface area contributed by atoms with Crippen LogP contribution in [0.15, 0.2) is 47.6 Å². The first-order valence-corrected chi connectivity index (χ1v) is 6.76. The Morgan fingerprint density at radius 3 is 2.64 bits per heavy atom. The van der Waals surface area contributed by atoms with Gasteiger partial charge in [0.05, 0.1) is 19.0 Å².